The number of carbonyl (C=O) groups excluding carboxylic acids is 2. The molecule has 0 bridgehead atoms. The first-order chi connectivity index (χ1) is 8.22. The molecule has 2 aliphatic heterocycles. The summed E-state index contributed by atoms with van der Waals surface area (Å²) in [6, 6.07) is 0. The number of rotatable bonds is 2. The van der Waals surface area contributed by atoms with Gasteiger partial charge in [-0.25, -0.2) is 0 Å². The van der Waals surface area contributed by atoms with Gasteiger partial charge in [-0.3, -0.25) is 9.59 Å². The van der Waals surface area contributed by atoms with Crippen LogP contribution in [0.3, 0.4) is 0 Å². The maximum Gasteiger partial charge on any atom is 0.251 e. The SMILES string of the molecule is CNC(=O)C1CCN(C(=O)C2CCCO2)CC1. The van der Waals surface area contributed by atoms with Gasteiger partial charge in [0.2, 0.25) is 5.91 Å². The van der Waals surface area contributed by atoms with E-state index >= 15 is 0 Å². The fourth-order valence-electron chi connectivity index (χ4n) is 2.54. The molecule has 1 atom stereocenters. The Labute approximate surface area is 101 Å². The third-order valence-electron chi connectivity index (χ3n) is 3.63. The van der Waals surface area contributed by atoms with E-state index in [9.17, 15) is 9.59 Å². The summed E-state index contributed by atoms with van der Waals surface area (Å²) in [5.74, 6) is 0.264. The van der Waals surface area contributed by atoms with Gasteiger partial charge in [-0.15, -0.1) is 0 Å². The third kappa shape index (κ3) is 2.77. The summed E-state index contributed by atoms with van der Waals surface area (Å²) >= 11 is 0. The van der Waals surface area contributed by atoms with Gasteiger partial charge in [-0.1, -0.05) is 0 Å². The number of nitrogens with zero attached hydrogens (tertiary/aromatic N) is 1. The number of carbonyl (C=O) groups is 2. The van der Waals surface area contributed by atoms with Crippen molar-refractivity contribution in [2.24, 2.45) is 5.92 Å². The quantitative estimate of drug-likeness (QED) is 0.747. The van der Waals surface area contributed by atoms with Gasteiger partial charge in [0.05, 0.1) is 0 Å². The lowest BCUT2D eigenvalue weighted by Crippen LogP contribution is -2.46. The van der Waals surface area contributed by atoms with Gasteiger partial charge in [0.1, 0.15) is 6.10 Å². The molecule has 0 aromatic heterocycles. The standard InChI is InChI=1S/C12H20N2O3/c1-13-11(15)9-4-6-14(7-5-9)12(16)10-3-2-8-17-10/h9-10H,2-8H2,1H3,(H,13,15). The van der Waals surface area contributed by atoms with Crippen molar-refractivity contribution in [1.82, 2.24) is 10.2 Å². The fraction of sp³-hybridized carbons (Fsp3) is 0.833. The van der Waals surface area contributed by atoms with Gasteiger partial charge in [0.25, 0.3) is 5.91 Å². The van der Waals surface area contributed by atoms with E-state index in [-0.39, 0.29) is 23.8 Å². The predicted octanol–water partition coefficient (Wildman–Crippen LogP) is 0.150. The first-order valence-corrected chi connectivity index (χ1v) is 6.34. The number of hydrogen-bond acceptors (Lipinski definition) is 3. The third-order valence-corrected chi connectivity index (χ3v) is 3.63. The largest absolute Gasteiger partial charge is 0.368 e. The van der Waals surface area contributed by atoms with Crippen LogP contribution in [0.5, 0.6) is 0 Å². The van der Waals surface area contributed by atoms with Crippen LogP contribution in [-0.4, -0.2) is 49.6 Å². The lowest BCUT2D eigenvalue weighted by Gasteiger charge is -2.32. The summed E-state index contributed by atoms with van der Waals surface area (Å²) in [7, 11) is 1.66. The Kier molecular flexibility index (Phi) is 3.99. The van der Waals surface area contributed by atoms with Crippen LogP contribution in [0.2, 0.25) is 0 Å². The number of nitrogens with one attached hydrogen (secondary N) is 1. The number of hydrogen-bond donors (Lipinski definition) is 1. The second-order valence-corrected chi connectivity index (χ2v) is 4.72. The zero-order chi connectivity index (χ0) is 12.3. The highest BCUT2D eigenvalue weighted by molar-refractivity contribution is 5.82. The van der Waals surface area contributed by atoms with E-state index in [1.54, 1.807) is 7.05 Å². The fourth-order valence-corrected chi connectivity index (χ4v) is 2.54. The van der Waals surface area contributed by atoms with Crippen LogP contribution in [-0.2, 0) is 14.3 Å². The van der Waals surface area contributed by atoms with E-state index < -0.39 is 0 Å². The van der Waals surface area contributed by atoms with Crippen molar-refractivity contribution >= 4 is 11.8 Å². The topological polar surface area (TPSA) is 58.6 Å². The van der Waals surface area contributed by atoms with Crippen LogP contribution >= 0.6 is 0 Å². The van der Waals surface area contributed by atoms with E-state index in [1.807, 2.05) is 4.90 Å². The van der Waals surface area contributed by atoms with Gasteiger partial charge in [-0.2, -0.15) is 0 Å². The maximum atomic E-state index is 12.0. The Hall–Kier alpha value is -1.10. The Morgan fingerprint density at radius 3 is 2.47 bits per heavy atom. The average molecular weight is 240 g/mol. The van der Waals surface area contributed by atoms with E-state index in [4.69, 9.17) is 4.74 Å². The maximum absolute atomic E-state index is 12.0. The minimum atomic E-state index is -0.230. The normalized spacial score (nSPS) is 25.9. The van der Waals surface area contributed by atoms with Gasteiger partial charge < -0.3 is 15.0 Å². The summed E-state index contributed by atoms with van der Waals surface area (Å²) in [5, 5.41) is 2.67. The number of piperidine rings is 1. The highest BCUT2D eigenvalue weighted by atomic mass is 16.5. The van der Waals surface area contributed by atoms with Crippen molar-refractivity contribution in [1.29, 1.82) is 0 Å². The zero-order valence-electron chi connectivity index (χ0n) is 10.3. The molecule has 1 unspecified atom stereocenters. The first kappa shape index (κ1) is 12.4. The molecule has 0 saturated carbocycles. The Bertz CT molecular complexity index is 292. The monoisotopic (exact) mass is 240 g/mol. The molecular formula is C12H20N2O3. The van der Waals surface area contributed by atoms with E-state index in [0.29, 0.717) is 19.7 Å². The zero-order valence-corrected chi connectivity index (χ0v) is 10.3. The summed E-state index contributed by atoms with van der Waals surface area (Å²) < 4.78 is 5.39. The molecule has 2 fully saturated rings. The van der Waals surface area contributed by atoms with Crippen molar-refractivity contribution in [3.63, 3.8) is 0 Å². The van der Waals surface area contributed by atoms with Crippen molar-refractivity contribution in [3.8, 4) is 0 Å². The van der Waals surface area contributed by atoms with Crippen molar-refractivity contribution in [2.45, 2.75) is 31.8 Å². The second-order valence-electron chi connectivity index (χ2n) is 4.72. The highest BCUT2D eigenvalue weighted by Gasteiger charge is 2.32. The summed E-state index contributed by atoms with van der Waals surface area (Å²) in [5.41, 5.74) is 0. The molecule has 1 N–H and O–H groups in total. The summed E-state index contributed by atoms with van der Waals surface area (Å²) in [6.07, 6.45) is 3.11. The molecule has 5 heteroatoms. The van der Waals surface area contributed by atoms with Crippen molar-refractivity contribution < 1.29 is 14.3 Å². The minimum Gasteiger partial charge on any atom is -0.368 e. The molecule has 96 valence electrons. The number of likely N-dealkylation sites (tertiary alicyclic amines) is 1. The van der Waals surface area contributed by atoms with Crippen molar-refractivity contribution in [2.75, 3.05) is 26.7 Å². The Morgan fingerprint density at radius 2 is 1.94 bits per heavy atom. The van der Waals surface area contributed by atoms with Gasteiger partial charge in [0, 0.05) is 32.7 Å². The van der Waals surface area contributed by atoms with Crippen LogP contribution in [0.4, 0.5) is 0 Å². The summed E-state index contributed by atoms with van der Waals surface area (Å²) in [6.45, 7) is 2.05. The molecule has 5 nitrogen and oxygen atoms in total. The smallest absolute Gasteiger partial charge is 0.251 e. The number of amides is 2. The molecule has 0 aromatic carbocycles. The van der Waals surface area contributed by atoms with E-state index in [1.165, 1.54) is 0 Å². The van der Waals surface area contributed by atoms with Gasteiger partial charge in [0.15, 0.2) is 0 Å². The molecule has 2 rings (SSSR count). The molecule has 0 aliphatic carbocycles. The highest BCUT2D eigenvalue weighted by Crippen LogP contribution is 2.21. The van der Waals surface area contributed by atoms with Crippen LogP contribution in [0.15, 0.2) is 0 Å². The molecule has 17 heavy (non-hydrogen) atoms. The van der Waals surface area contributed by atoms with E-state index in [2.05, 4.69) is 5.32 Å². The van der Waals surface area contributed by atoms with Crippen LogP contribution in [0.25, 0.3) is 0 Å². The van der Waals surface area contributed by atoms with E-state index in [0.717, 1.165) is 25.7 Å². The van der Waals surface area contributed by atoms with Gasteiger partial charge in [-0.05, 0) is 25.7 Å². The molecule has 0 radical (unpaired) electrons. The van der Waals surface area contributed by atoms with Crippen LogP contribution in [0, 0.1) is 5.92 Å². The lowest BCUT2D eigenvalue weighted by molar-refractivity contribution is -0.143. The van der Waals surface area contributed by atoms with Crippen molar-refractivity contribution in [3.05, 3.63) is 0 Å². The minimum absolute atomic E-state index is 0.0635. The second kappa shape index (κ2) is 5.49. The number of ether oxygens (including phenoxy) is 1. The molecule has 2 amide bonds. The molecule has 0 aromatic rings. The van der Waals surface area contributed by atoms with Crippen LogP contribution in [0.1, 0.15) is 25.7 Å². The predicted molar refractivity (Wildman–Crippen MR) is 62.3 cm³/mol. The molecule has 2 aliphatic rings. The van der Waals surface area contributed by atoms with Gasteiger partial charge >= 0.3 is 0 Å². The lowest BCUT2D eigenvalue weighted by atomic mass is 9.95. The molecule has 2 heterocycles. The Balaban J connectivity index is 1.82. The first-order valence-electron chi connectivity index (χ1n) is 6.34. The molecule has 0 spiro atoms. The molecule has 2 saturated heterocycles. The average Bonchev–Trinajstić information content (AvgIpc) is 2.91. The molecular weight excluding hydrogens is 220 g/mol. The Morgan fingerprint density at radius 1 is 1.24 bits per heavy atom. The summed E-state index contributed by atoms with van der Waals surface area (Å²) in [4.78, 5) is 25.3. The van der Waals surface area contributed by atoms with Crippen LogP contribution < -0.4 is 5.32 Å².